The van der Waals surface area contributed by atoms with Gasteiger partial charge in [0.2, 0.25) is 5.71 Å². The third-order valence-corrected chi connectivity index (χ3v) is 8.28. The maximum Gasteiger partial charge on any atom is 0.227 e. The second kappa shape index (κ2) is 9.33. The molecule has 3 heterocycles. The van der Waals surface area contributed by atoms with Crippen LogP contribution in [-0.2, 0) is 5.41 Å². The molecule has 1 aliphatic rings. The summed E-state index contributed by atoms with van der Waals surface area (Å²) < 4.78 is 64.1. The van der Waals surface area contributed by atoms with Crippen molar-refractivity contribution in [2.75, 3.05) is 0 Å². The standard InChI is InChI=1S/C36H40N2O/c1-22-21-37-32(29-10-8-9-27-28-13-11-23(2)38-34(28)39-33(27)29)20-30(22)26-14-12-25(19-31(26)35(3,4)5)24-15-17-36(6,7)18-16-24/h8-14,19-21,24H,15-18H2,1-7H3/i1D3,2D3,24D. The van der Waals surface area contributed by atoms with Crippen LogP contribution in [0.5, 0.6) is 0 Å². The molecule has 0 N–H and O–H groups in total. The first-order valence-corrected chi connectivity index (χ1v) is 13.8. The van der Waals surface area contributed by atoms with Crippen molar-refractivity contribution in [3.05, 3.63) is 83.2 Å². The Hall–Kier alpha value is -3.46. The second-order valence-corrected chi connectivity index (χ2v) is 12.7. The van der Waals surface area contributed by atoms with Crippen molar-refractivity contribution in [2.45, 2.75) is 85.3 Å². The van der Waals surface area contributed by atoms with Gasteiger partial charge in [-0.15, -0.1) is 0 Å². The molecule has 6 rings (SSSR count). The molecule has 39 heavy (non-hydrogen) atoms. The van der Waals surface area contributed by atoms with Gasteiger partial charge in [0.1, 0.15) is 5.58 Å². The number of rotatable bonds is 3. The molecule has 2 aromatic carbocycles. The Labute approximate surface area is 242 Å². The van der Waals surface area contributed by atoms with E-state index >= 15 is 0 Å². The first-order chi connectivity index (χ1) is 21.3. The minimum atomic E-state index is -2.42. The zero-order valence-electron chi connectivity index (χ0n) is 30.4. The lowest BCUT2D eigenvalue weighted by molar-refractivity contribution is 0.224. The fraction of sp³-hybridized carbons (Fsp3) is 0.389. The van der Waals surface area contributed by atoms with Gasteiger partial charge >= 0.3 is 0 Å². The topological polar surface area (TPSA) is 38.9 Å². The van der Waals surface area contributed by atoms with E-state index < -0.39 is 19.6 Å². The first-order valence-electron chi connectivity index (χ1n) is 17.3. The van der Waals surface area contributed by atoms with Gasteiger partial charge in [0, 0.05) is 37.8 Å². The maximum atomic E-state index is 9.43. The van der Waals surface area contributed by atoms with Gasteiger partial charge in [-0.2, -0.15) is 0 Å². The van der Waals surface area contributed by atoms with Crippen molar-refractivity contribution >= 4 is 22.1 Å². The number of pyridine rings is 2. The molecular weight excluding hydrogens is 476 g/mol. The largest absolute Gasteiger partial charge is 0.437 e. The number of fused-ring (bicyclic) bond motifs is 3. The molecule has 1 saturated carbocycles. The lowest BCUT2D eigenvalue weighted by Crippen LogP contribution is -2.21. The summed E-state index contributed by atoms with van der Waals surface area (Å²) in [6.07, 6.45) is 4.97. The van der Waals surface area contributed by atoms with Gasteiger partial charge in [-0.1, -0.05) is 65.0 Å². The third kappa shape index (κ3) is 4.77. The lowest BCUT2D eigenvalue weighted by Gasteiger charge is -2.35. The van der Waals surface area contributed by atoms with Crippen molar-refractivity contribution in [2.24, 2.45) is 5.41 Å². The minimum absolute atomic E-state index is 0.0485. The highest BCUT2D eigenvalue weighted by Crippen LogP contribution is 2.45. The summed E-state index contributed by atoms with van der Waals surface area (Å²) in [7, 11) is 0. The normalized spacial score (nSPS) is 20.4. The number of aryl methyl sites for hydroxylation is 2. The molecular formula is C36H40N2O. The van der Waals surface area contributed by atoms with Gasteiger partial charge < -0.3 is 4.42 Å². The predicted octanol–water partition coefficient (Wildman–Crippen LogP) is 10.3. The van der Waals surface area contributed by atoms with E-state index in [1.54, 1.807) is 6.07 Å². The minimum Gasteiger partial charge on any atom is -0.437 e. The van der Waals surface area contributed by atoms with Crippen LogP contribution in [0, 0.1) is 19.1 Å². The van der Waals surface area contributed by atoms with Crippen LogP contribution < -0.4 is 0 Å². The molecule has 3 nitrogen and oxygen atoms in total. The van der Waals surface area contributed by atoms with E-state index in [0.29, 0.717) is 27.8 Å². The molecule has 0 unspecified atom stereocenters. The Bertz CT molecular complexity index is 1950. The first kappa shape index (κ1) is 18.8. The van der Waals surface area contributed by atoms with Crippen LogP contribution in [0.4, 0.5) is 0 Å². The molecule has 1 aliphatic carbocycles. The van der Waals surface area contributed by atoms with E-state index in [-0.39, 0.29) is 27.8 Å². The van der Waals surface area contributed by atoms with Crippen molar-refractivity contribution in [1.82, 2.24) is 9.97 Å². The van der Waals surface area contributed by atoms with E-state index in [2.05, 4.69) is 50.7 Å². The van der Waals surface area contributed by atoms with E-state index in [0.717, 1.165) is 47.8 Å². The Morgan fingerprint density at radius 3 is 2.49 bits per heavy atom. The molecule has 0 amide bonds. The molecule has 3 aromatic heterocycles. The monoisotopic (exact) mass is 523 g/mol. The molecule has 1 fully saturated rings. The van der Waals surface area contributed by atoms with Crippen LogP contribution in [-0.4, -0.2) is 9.97 Å². The molecule has 0 radical (unpaired) electrons. The third-order valence-electron chi connectivity index (χ3n) is 8.28. The average Bonchev–Trinajstić information content (AvgIpc) is 3.35. The van der Waals surface area contributed by atoms with Gasteiger partial charge in [-0.3, -0.25) is 4.98 Å². The molecule has 0 bridgehead atoms. The summed E-state index contributed by atoms with van der Waals surface area (Å²) >= 11 is 0. The Balaban J connectivity index is 1.53. The Morgan fingerprint density at radius 1 is 0.923 bits per heavy atom. The maximum absolute atomic E-state index is 9.43. The highest BCUT2D eigenvalue weighted by molar-refractivity contribution is 6.08. The highest BCUT2D eigenvalue weighted by atomic mass is 16.3. The number of hydrogen-bond donors (Lipinski definition) is 0. The Kier molecular flexibility index (Phi) is 4.49. The molecule has 200 valence electrons. The highest BCUT2D eigenvalue weighted by Gasteiger charge is 2.29. The van der Waals surface area contributed by atoms with Gasteiger partial charge in [0.15, 0.2) is 0 Å². The zero-order chi connectivity index (χ0) is 33.4. The van der Waals surface area contributed by atoms with Crippen molar-refractivity contribution in [1.29, 1.82) is 0 Å². The number of benzene rings is 2. The summed E-state index contributed by atoms with van der Waals surface area (Å²) in [6, 6.07) is 16.8. The number of hydrogen-bond acceptors (Lipinski definition) is 3. The van der Waals surface area contributed by atoms with Crippen molar-refractivity contribution in [3.8, 4) is 22.4 Å². The van der Waals surface area contributed by atoms with Crippen LogP contribution in [0.25, 0.3) is 44.5 Å². The quantitative estimate of drug-likeness (QED) is 0.236. The number of nitrogens with zero attached hydrogens (tertiary/aromatic N) is 2. The Morgan fingerprint density at radius 2 is 1.74 bits per heavy atom. The summed E-state index contributed by atoms with van der Waals surface area (Å²) in [4.78, 5) is 8.92. The zero-order valence-corrected chi connectivity index (χ0v) is 23.4. The van der Waals surface area contributed by atoms with Crippen LogP contribution in [0.15, 0.2) is 65.2 Å². The SMILES string of the molecule is [2H]C([2H])([2H])c1ccc2c(n1)oc1c(-c3cc(-c4ccc(C5([2H])CCC(C)(C)CC5)cc4C(C)(C)C)c(C([2H])([2H])[2H])cn3)cccc12. The van der Waals surface area contributed by atoms with Crippen LogP contribution in [0.3, 0.4) is 0 Å². The molecule has 3 heteroatoms. The van der Waals surface area contributed by atoms with E-state index in [4.69, 9.17) is 12.6 Å². The molecule has 5 aromatic rings. The fourth-order valence-electron chi connectivity index (χ4n) is 5.84. The summed E-state index contributed by atoms with van der Waals surface area (Å²) in [5.41, 5.74) is 5.19. The second-order valence-electron chi connectivity index (χ2n) is 12.7. The summed E-state index contributed by atoms with van der Waals surface area (Å²) in [5, 5.41) is 1.45. The molecule has 0 aliphatic heterocycles. The molecule has 0 spiro atoms. The number of aromatic nitrogens is 2. The van der Waals surface area contributed by atoms with Gasteiger partial charge in [0.05, 0.1) is 5.69 Å². The van der Waals surface area contributed by atoms with Gasteiger partial charge in [-0.25, -0.2) is 4.98 Å². The lowest BCUT2D eigenvalue weighted by atomic mass is 9.70. The molecule has 0 atom stereocenters. The van der Waals surface area contributed by atoms with Crippen LogP contribution >= 0.6 is 0 Å². The van der Waals surface area contributed by atoms with Crippen LogP contribution in [0.1, 0.15) is 98.2 Å². The summed E-state index contributed by atoms with van der Waals surface area (Å²) in [5.74, 6) is -0.686. The van der Waals surface area contributed by atoms with Crippen molar-refractivity contribution in [3.63, 3.8) is 0 Å². The number of para-hydroxylation sites is 1. The van der Waals surface area contributed by atoms with E-state index in [1.165, 1.54) is 12.3 Å². The predicted molar refractivity (Wildman–Crippen MR) is 163 cm³/mol. The average molecular weight is 524 g/mol. The number of furan rings is 1. The fourth-order valence-corrected chi connectivity index (χ4v) is 5.84. The smallest absolute Gasteiger partial charge is 0.227 e. The van der Waals surface area contributed by atoms with Gasteiger partial charge in [-0.05, 0) is 108 Å². The summed E-state index contributed by atoms with van der Waals surface area (Å²) in [6.45, 7) is 6.09. The van der Waals surface area contributed by atoms with Crippen molar-refractivity contribution < 1.29 is 14.0 Å². The van der Waals surface area contributed by atoms with E-state index in [9.17, 15) is 1.37 Å². The molecule has 0 saturated heterocycles. The van der Waals surface area contributed by atoms with Crippen LogP contribution in [0.2, 0.25) is 0 Å². The van der Waals surface area contributed by atoms with Gasteiger partial charge in [0.25, 0.3) is 0 Å². The van der Waals surface area contributed by atoms with E-state index in [1.807, 2.05) is 36.4 Å².